The lowest BCUT2D eigenvalue weighted by Crippen LogP contribution is -2.33. The van der Waals surface area contributed by atoms with E-state index in [0.717, 1.165) is 10.0 Å². The molecule has 0 saturated heterocycles. The van der Waals surface area contributed by atoms with Gasteiger partial charge < -0.3 is 4.74 Å². The van der Waals surface area contributed by atoms with Gasteiger partial charge in [-0.15, -0.1) is 0 Å². The van der Waals surface area contributed by atoms with E-state index in [-0.39, 0.29) is 5.91 Å². The zero-order valence-corrected chi connectivity index (χ0v) is 12.9. The second-order valence-electron chi connectivity index (χ2n) is 4.21. The van der Waals surface area contributed by atoms with E-state index in [2.05, 4.69) is 31.4 Å². The average Bonchev–Trinajstić information content (AvgIpc) is 2.50. The van der Waals surface area contributed by atoms with Crippen molar-refractivity contribution in [1.82, 2.24) is 10.4 Å². The zero-order chi connectivity index (χ0) is 15.1. The summed E-state index contributed by atoms with van der Waals surface area (Å²) in [5.41, 5.74) is 3.24. The largest absolute Gasteiger partial charge is 0.480 e. The molecule has 0 aliphatic rings. The molecule has 0 radical (unpaired) electrons. The highest BCUT2D eigenvalue weighted by Gasteiger charge is 2.14. The number of benzene rings is 1. The molecule has 0 unspecified atom stereocenters. The summed E-state index contributed by atoms with van der Waals surface area (Å²) < 4.78 is 6.36. The Balaban J connectivity index is 1.88. The second-order valence-corrected chi connectivity index (χ2v) is 5.07. The molecule has 0 saturated carbocycles. The number of nitrogens with one attached hydrogen (secondary N) is 1. The number of ether oxygens (including phenoxy) is 1. The Morgan fingerprint density at radius 3 is 2.90 bits per heavy atom. The van der Waals surface area contributed by atoms with Gasteiger partial charge in [0, 0.05) is 18.0 Å². The van der Waals surface area contributed by atoms with E-state index in [4.69, 9.17) is 4.74 Å². The minimum Gasteiger partial charge on any atom is -0.480 e. The molecular formula is C15H14BrN3O2. The molecule has 1 aromatic carbocycles. The molecule has 0 aliphatic heterocycles. The van der Waals surface area contributed by atoms with Crippen molar-refractivity contribution >= 4 is 28.1 Å². The molecule has 108 valence electrons. The number of aromatic nitrogens is 1. The summed E-state index contributed by atoms with van der Waals surface area (Å²) in [4.78, 5) is 15.8. The molecule has 1 atom stereocenters. The lowest BCUT2D eigenvalue weighted by molar-refractivity contribution is -0.127. The molecule has 0 bridgehead atoms. The number of pyridine rings is 1. The Kier molecular flexibility index (Phi) is 5.45. The third kappa shape index (κ3) is 4.68. The summed E-state index contributed by atoms with van der Waals surface area (Å²) in [6, 6.07) is 11.0. The van der Waals surface area contributed by atoms with Gasteiger partial charge in [0.25, 0.3) is 5.91 Å². The molecule has 0 fully saturated rings. The molecule has 1 aromatic heterocycles. The van der Waals surface area contributed by atoms with Crippen molar-refractivity contribution < 1.29 is 9.53 Å². The van der Waals surface area contributed by atoms with Crippen molar-refractivity contribution in [3.8, 4) is 5.75 Å². The minimum atomic E-state index is -0.658. The van der Waals surface area contributed by atoms with E-state index < -0.39 is 6.10 Å². The van der Waals surface area contributed by atoms with Gasteiger partial charge in [-0.2, -0.15) is 5.10 Å². The number of hydrogen-bond donors (Lipinski definition) is 1. The SMILES string of the molecule is C[C@@H](Oc1ccccc1Br)C(=O)NN=Cc1cccnc1. The van der Waals surface area contributed by atoms with Crippen LogP contribution in [-0.2, 0) is 4.79 Å². The number of para-hydroxylation sites is 1. The molecule has 1 heterocycles. The maximum absolute atomic E-state index is 11.9. The molecule has 21 heavy (non-hydrogen) atoms. The number of hydrazone groups is 1. The minimum absolute atomic E-state index is 0.328. The standard InChI is InChI=1S/C15H14BrN3O2/c1-11(21-14-7-3-2-6-13(14)16)15(20)19-18-10-12-5-4-8-17-9-12/h2-11H,1H3,(H,19,20)/t11-/m1/s1. The summed E-state index contributed by atoms with van der Waals surface area (Å²) in [5.74, 6) is 0.280. The van der Waals surface area contributed by atoms with E-state index in [0.29, 0.717) is 5.75 Å². The number of carbonyl (C=O) groups excluding carboxylic acids is 1. The van der Waals surface area contributed by atoms with Crippen LogP contribution in [0.15, 0.2) is 58.4 Å². The molecule has 0 spiro atoms. The van der Waals surface area contributed by atoms with E-state index >= 15 is 0 Å². The van der Waals surface area contributed by atoms with Gasteiger partial charge in [0.2, 0.25) is 0 Å². The molecule has 1 N–H and O–H groups in total. The third-order valence-corrected chi connectivity index (χ3v) is 3.24. The second kappa shape index (κ2) is 7.54. The molecule has 6 heteroatoms. The van der Waals surface area contributed by atoms with Crippen LogP contribution in [0.1, 0.15) is 12.5 Å². The third-order valence-electron chi connectivity index (χ3n) is 2.58. The Hall–Kier alpha value is -2.21. The van der Waals surface area contributed by atoms with Crippen LogP contribution in [0.5, 0.6) is 5.75 Å². The van der Waals surface area contributed by atoms with Gasteiger partial charge in [-0.25, -0.2) is 5.43 Å². The van der Waals surface area contributed by atoms with E-state index in [1.54, 1.807) is 31.5 Å². The van der Waals surface area contributed by atoms with E-state index in [9.17, 15) is 4.79 Å². The average molecular weight is 348 g/mol. The number of hydrogen-bond acceptors (Lipinski definition) is 4. The number of halogens is 1. The first kappa shape index (κ1) is 15.2. The van der Waals surface area contributed by atoms with Gasteiger partial charge in [-0.05, 0) is 41.1 Å². The van der Waals surface area contributed by atoms with Crippen molar-refractivity contribution in [2.24, 2.45) is 5.10 Å². The van der Waals surface area contributed by atoms with Crippen molar-refractivity contribution in [2.45, 2.75) is 13.0 Å². The summed E-state index contributed by atoms with van der Waals surface area (Å²) >= 11 is 3.36. The Bertz CT molecular complexity index is 632. The van der Waals surface area contributed by atoms with Crippen LogP contribution in [0, 0.1) is 0 Å². The molecule has 0 aliphatic carbocycles. The molecule has 2 aromatic rings. The first-order chi connectivity index (χ1) is 10.2. The van der Waals surface area contributed by atoms with Crippen LogP contribution in [-0.4, -0.2) is 23.2 Å². The fourth-order valence-corrected chi connectivity index (χ4v) is 1.88. The summed E-state index contributed by atoms with van der Waals surface area (Å²) in [6.45, 7) is 1.66. The van der Waals surface area contributed by atoms with Crippen LogP contribution in [0.25, 0.3) is 0 Å². The predicted octanol–water partition coefficient (Wildman–Crippen LogP) is 2.76. The Morgan fingerprint density at radius 1 is 1.38 bits per heavy atom. The van der Waals surface area contributed by atoms with E-state index in [1.807, 2.05) is 24.3 Å². The van der Waals surface area contributed by atoms with Crippen LogP contribution >= 0.6 is 15.9 Å². The monoisotopic (exact) mass is 347 g/mol. The summed E-state index contributed by atoms with van der Waals surface area (Å²) in [6.07, 6.45) is 4.19. The summed E-state index contributed by atoms with van der Waals surface area (Å²) in [5, 5.41) is 3.87. The summed E-state index contributed by atoms with van der Waals surface area (Å²) in [7, 11) is 0. The lowest BCUT2D eigenvalue weighted by atomic mass is 10.3. The first-order valence-electron chi connectivity index (χ1n) is 6.31. The lowest BCUT2D eigenvalue weighted by Gasteiger charge is -2.13. The van der Waals surface area contributed by atoms with Crippen molar-refractivity contribution in [1.29, 1.82) is 0 Å². The fraction of sp³-hybridized carbons (Fsp3) is 0.133. The topological polar surface area (TPSA) is 63.6 Å². The number of nitrogens with zero attached hydrogens (tertiary/aromatic N) is 2. The molecular weight excluding hydrogens is 334 g/mol. The van der Waals surface area contributed by atoms with Gasteiger partial charge in [-0.1, -0.05) is 18.2 Å². The molecule has 5 nitrogen and oxygen atoms in total. The molecule has 1 amide bonds. The van der Waals surface area contributed by atoms with Gasteiger partial charge in [0.05, 0.1) is 10.7 Å². The van der Waals surface area contributed by atoms with Gasteiger partial charge in [-0.3, -0.25) is 9.78 Å². The van der Waals surface area contributed by atoms with Crippen LogP contribution < -0.4 is 10.2 Å². The highest BCUT2D eigenvalue weighted by atomic mass is 79.9. The fourth-order valence-electron chi connectivity index (χ4n) is 1.50. The van der Waals surface area contributed by atoms with E-state index in [1.165, 1.54) is 6.21 Å². The smallest absolute Gasteiger partial charge is 0.280 e. The molecule has 2 rings (SSSR count). The van der Waals surface area contributed by atoms with Crippen LogP contribution in [0.3, 0.4) is 0 Å². The number of rotatable bonds is 5. The van der Waals surface area contributed by atoms with Crippen molar-refractivity contribution in [3.05, 3.63) is 58.8 Å². The highest BCUT2D eigenvalue weighted by molar-refractivity contribution is 9.10. The maximum atomic E-state index is 11.9. The van der Waals surface area contributed by atoms with Crippen LogP contribution in [0.2, 0.25) is 0 Å². The Labute approximate surface area is 131 Å². The Morgan fingerprint density at radius 2 is 2.19 bits per heavy atom. The quantitative estimate of drug-likeness (QED) is 0.668. The normalized spacial score (nSPS) is 12.1. The van der Waals surface area contributed by atoms with Gasteiger partial charge in [0.1, 0.15) is 5.75 Å². The van der Waals surface area contributed by atoms with Crippen molar-refractivity contribution in [2.75, 3.05) is 0 Å². The predicted molar refractivity (Wildman–Crippen MR) is 84.2 cm³/mol. The van der Waals surface area contributed by atoms with Crippen molar-refractivity contribution in [3.63, 3.8) is 0 Å². The highest BCUT2D eigenvalue weighted by Crippen LogP contribution is 2.24. The van der Waals surface area contributed by atoms with Crippen LogP contribution in [0.4, 0.5) is 0 Å². The van der Waals surface area contributed by atoms with Gasteiger partial charge >= 0.3 is 0 Å². The number of carbonyl (C=O) groups is 1. The maximum Gasteiger partial charge on any atom is 0.280 e. The van der Waals surface area contributed by atoms with Gasteiger partial charge in [0.15, 0.2) is 6.10 Å². The zero-order valence-electron chi connectivity index (χ0n) is 11.4. The number of amides is 1. The first-order valence-corrected chi connectivity index (χ1v) is 7.10.